The minimum Gasteiger partial charge on any atom is -0.481 e. The van der Waals surface area contributed by atoms with E-state index in [2.05, 4.69) is 0 Å². The molecule has 0 saturated heterocycles. The average molecular weight is 165 g/mol. The van der Waals surface area contributed by atoms with Gasteiger partial charge in [-0.2, -0.15) is 0 Å². The van der Waals surface area contributed by atoms with Crippen molar-refractivity contribution in [1.29, 1.82) is 0 Å². The van der Waals surface area contributed by atoms with Gasteiger partial charge in [0.2, 0.25) is 0 Å². The number of hydrogen-bond acceptors (Lipinski definition) is 2. The quantitative estimate of drug-likeness (QED) is 0.368. The van der Waals surface area contributed by atoms with Crippen LogP contribution in [0.4, 0.5) is 0 Å². The van der Waals surface area contributed by atoms with Crippen LogP contribution in [0.2, 0.25) is 0 Å². The molecule has 1 N–H and O–H groups in total. The number of hydrogen-bond donors (Lipinski definition) is 1. The van der Waals surface area contributed by atoms with Crippen LogP contribution in [0.5, 0.6) is 0 Å². The second kappa shape index (κ2) is 7.85. The molecule has 0 aliphatic rings. The summed E-state index contributed by atoms with van der Waals surface area (Å²) in [4.78, 5) is 19.5. The predicted molar refractivity (Wildman–Crippen MR) is 29.3 cm³/mol. The van der Waals surface area contributed by atoms with E-state index in [9.17, 15) is 9.59 Å². The first-order valence-corrected chi connectivity index (χ1v) is 1.84. The molecule has 0 aromatic rings. The average Bonchev–Trinajstić information content (AvgIpc) is 1.27. The van der Waals surface area contributed by atoms with Gasteiger partial charge in [-0.1, -0.05) is 0 Å². The van der Waals surface area contributed by atoms with E-state index in [4.69, 9.17) is 5.11 Å². The zero-order chi connectivity index (χ0) is 5.86. The second-order valence-electron chi connectivity index (χ2n) is 1.27. The van der Waals surface area contributed by atoms with Gasteiger partial charge in [0.25, 0.3) is 0 Å². The van der Waals surface area contributed by atoms with Crippen molar-refractivity contribution in [1.82, 2.24) is 0 Å². The predicted octanol–water partition coefficient (Wildman–Crippen LogP) is 0.498. The van der Waals surface area contributed by atoms with Gasteiger partial charge in [0, 0.05) is 21.7 Å². The maximum absolute atomic E-state index is 9.87. The monoisotopic (exact) mass is 165 g/mol. The van der Waals surface area contributed by atoms with Crippen molar-refractivity contribution in [3.05, 3.63) is 7.43 Å². The fourth-order valence-corrected chi connectivity index (χ4v) is 0.213. The Kier molecular flexibility index (Phi) is 13.9. The number of carboxylic acid groups (broad SMARTS) is 1. The first-order valence-electron chi connectivity index (χ1n) is 1.84. The molecule has 52 valence electrons. The van der Waals surface area contributed by atoms with Gasteiger partial charge in [-0.15, -0.1) is 0 Å². The van der Waals surface area contributed by atoms with Crippen molar-refractivity contribution in [3.63, 3.8) is 0 Å². The molecule has 0 aromatic heterocycles. The van der Waals surface area contributed by atoms with E-state index in [1.807, 2.05) is 0 Å². The van der Waals surface area contributed by atoms with E-state index < -0.39 is 5.97 Å². The van der Waals surface area contributed by atoms with E-state index in [1.165, 1.54) is 6.92 Å². The van der Waals surface area contributed by atoms with Crippen LogP contribution in [-0.4, -0.2) is 16.9 Å². The first kappa shape index (κ1) is 15.9. The third-order valence-corrected chi connectivity index (χ3v) is 0.400. The molecule has 0 atom stereocenters. The zero-order valence-corrected chi connectivity index (χ0v) is 7.03. The van der Waals surface area contributed by atoms with Crippen molar-refractivity contribution < 1.29 is 36.4 Å². The van der Waals surface area contributed by atoms with Crippen LogP contribution in [0, 0.1) is 7.43 Å². The summed E-state index contributed by atoms with van der Waals surface area (Å²) in [5, 5.41) is 7.86. The molecule has 0 radical (unpaired) electrons. The molecule has 0 aliphatic carbocycles. The number of carbonyl (C=O) groups is 2. The molecular formula is C5H9O3Ti-. The van der Waals surface area contributed by atoms with Gasteiger partial charge in [-0.3, -0.25) is 9.59 Å². The maximum Gasteiger partial charge on any atom is 0.310 e. The number of aliphatic carboxylic acids is 1. The van der Waals surface area contributed by atoms with E-state index in [0.29, 0.717) is 0 Å². The first-order chi connectivity index (χ1) is 3.13. The molecule has 0 saturated carbocycles. The van der Waals surface area contributed by atoms with E-state index in [0.717, 1.165) is 0 Å². The van der Waals surface area contributed by atoms with Crippen LogP contribution < -0.4 is 0 Å². The van der Waals surface area contributed by atoms with Gasteiger partial charge in [0.15, 0.2) is 0 Å². The van der Waals surface area contributed by atoms with Crippen molar-refractivity contribution in [2.24, 2.45) is 0 Å². The normalized spacial score (nSPS) is 6.33. The summed E-state index contributed by atoms with van der Waals surface area (Å²) in [5.41, 5.74) is 0. The number of carbonyl (C=O) groups excluding carboxylic acids is 1. The summed E-state index contributed by atoms with van der Waals surface area (Å²) in [6.07, 6.45) is -0.361. The van der Waals surface area contributed by atoms with Gasteiger partial charge in [0.05, 0.1) is 0 Å². The summed E-state index contributed by atoms with van der Waals surface area (Å²) in [6, 6.07) is 0. The molecule has 0 unspecified atom stereocenters. The minimum absolute atomic E-state index is 0. The van der Waals surface area contributed by atoms with Gasteiger partial charge in [-0.05, 0) is 6.92 Å². The summed E-state index contributed by atoms with van der Waals surface area (Å²) in [6.45, 7) is 1.24. The van der Waals surface area contributed by atoms with Crippen LogP contribution in [0.25, 0.3) is 0 Å². The van der Waals surface area contributed by atoms with Crippen molar-refractivity contribution in [2.75, 3.05) is 0 Å². The molecule has 3 nitrogen and oxygen atoms in total. The minimum atomic E-state index is -1.06. The molecule has 0 aromatic carbocycles. The van der Waals surface area contributed by atoms with Crippen LogP contribution >= 0.6 is 0 Å². The van der Waals surface area contributed by atoms with Crippen molar-refractivity contribution in [3.8, 4) is 0 Å². The summed E-state index contributed by atoms with van der Waals surface area (Å²) < 4.78 is 0. The molecule has 0 heterocycles. The number of carboxylic acids is 1. The Morgan fingerprint density at radius 2 is 1.78 bits per heavy atom. The van der Waals surface area contributed by atoms with E-state index in [-0.39, 0.29) is 41.3 Å². The number of Topliss-reactive ketones (excluding diaryl/α,β-unsaturated/α-hetero) is 1. The standard InChI is InChI=1S/C4H6O3.CH3.Ti/c1-3(5)2-4(6)7;;/h2H2,1H3,(H,6,7);1H3;/q;-1;. The van der Waals surface area contributed by atoms with Crippen molar-refractivity contribution in [2.45, 2.75) is 13.3 Å². The van der Waals surface area contributed by atoms with Gasteiger partial charge < -0.3 is 12.5 Å². The fourth-order valence-electron chi connectivity index (χ4n) is 0.213. The topological polar surface area (TPSA) is 54.4 Å². The van der Waals surface area contributed by atoms with Crippen LogP contribution in [-0.2, 0) is 31.3 Å². The molecule has 0 aliphatic heterocycles. The van der Waals surface area contributed by atoms with Crippen molar-refractivity contribution >= 4 is 11.8 Å². The van der Waals surface area contributed by atoms with Crippen LogP contribution in [0.3, 0.4) is 0 Å². The summed E-state index contributed by atoms with van der Waals surface area (Å²) >= 11 is 0. The Morgan fingerprint density at radius 3 is 1.78 bits per heavy atom. The van der Waals surface area contributed by atoms with Gasteiger partial charge in [-0.25, -0.2) is 0 Å². The Balaban J connectivity index is -0.000000180. The van der Waals surface area contributed by atoms with E-state index in [1.54, 1.807) is 0 Å². The SMILES string of the molecule is CC(=O)CC(=O)O.[CH3-].[Ti]. The Labute approximate surface area is 69.3 Å². The molecule has 4 heteroatoms. The molecule has 0 spiro atoms. The summed E-state index contributed by atoms with van der Waals surface area (Å²) in [5.74, 6) is -1.37. The molecule has 9 heavy (non-hydrogen) atoms. The number of rotatable bonds is 2. The largest absolute Gasteiger partial charge is 0.481 e. The molecule has 0 bridgehead atoms. The zero-order valence-electron chi connectivity index (χ0n) is 5.47. The van der Waals surface area contributed by atoms with Crippen LogP contribution in [0.15, 0.2) is 0 Å². The Morgan fingerprint density at radius 1 is 1.44 bits per heavy atom. The smallest absolute Gasteiger partial charge is 0.310 e. The molecular weight excluding hydrogens is 156 g/mol. The molecule has 0 amide bonds. The molecule has 0 rings (SSSR count). The fraction of sp³-hybridized carbons (Fsp3) is 0.400. The second-order valence-corrected chi connectivity index (χ2v) is 1.27. The van der Waals surface area contributed by atoms with Gasteiger partial charge >= 0.3 is 5.97 Å². The maximum atomic E-state index is 9.87. The van der Waals surface area contributed by atoms with Crippen LogP contribution in [0.1, 0.15) is 13.3 Å². The number of ketones is 1. The Bertz CT molecular complexity index is 88.4. The Hall–Kier alpha value is -0.146. The molecule has 0 fully saturated rings. The van der Waals surface area contributed by atoms with E-state index >= 15 is 0 Å². The third-order valence-electron chi connectivity index (χ3n) is 0.400. The summed E-state index contributed by atoms with van der Waals surface area (Å²) in [7, 11) is 0. The third kappa shape index (κ3) is 18.1. The van der Waals surface area contributed by atoms with Gasteiger partial charge in [0.1, 0.15) is 12.2 Å².